The molecule has 0 bridgehead atoms. The molecule has 5 nitrogen and oxygen atoms in total. The highest BCUT2D eigenvalue weighted by molar-refractivity contribution is 7.89. The molecular weight excluding hydrogens is 362 g/mol. The average Bonchev–Trinajstić information content (AvgIpc) is 2.64. The van der Waals surface area contributed by atoms with Gasteiger partial charge >= 0.3 is 5.97 Å². The molecule has 1 unspecified atom stereocenters. The lowest BCUT2D eigenvalue weighted by atomic mass is 10.1. The number of aryl methyl sites for hydroxylation is 1. The number of carbonyl (C=O) groups excluding carboxylic acids is 1. The Morgan fingerprint density at radius 2 is 2.00 bits per heavy atom. The Kier molecular flexibility index (Phi) is 7.49. The fraction of sp³-hybridized carbons (Fsp3) is 0.476. The van der Waals surface area contributed by atoms with E-state index in [2.05, 4.69) is 18.8 Å². The highest BCUT2D eigenvalue weighted by Crippen LogP contribution is 2.24. The van der Waals surface area contributed by atoms with E-state index in [1.54, 1.807) is 24.3 Å². The van der Waals surface area contributed by atoms with Crippen LogP contribution in [0.2, 0.25) is 0 Å². The standard InChI is InChI=1S/C21H27NO4S/c1-4-5-9-20(26-18(3)23)13-12-19-8-6-7-16-22(19)27(24,25)21-14-10-17(2)11-15-21/h8,10-11,14-15,20H,4-7,9,16H2,1-3H3. The predicted molar refractivity (Wildman–Crippen MR) is 105 cm³/mol. The lowest BCUT2D eigenvalue weighted by molar-refractivity contribution is -0.144. The first-order valence-corrected chi connectivity index (χ1v) is 10.8. The van der Waals surface area contributed by atoms with Crippen LogP contribution in [0.15, 0.2) is 40.9 Å². The number of nitrogens with zero attached hydrogens (tertiary/aromatic N) is 1. The maximum atomic E-state index is 13.0. The van der Waals surface area contributed by atoms with Gasteiger partial charge in [0, 0.05) is 13.5 Å². The number of sulfonamides is 1. The number of unbranched alkanes of at least 4 members (excludes halogenated alkanes) is 1. The highest BCUT2D eigenvalue weighted by atomic mass is 32.2. The molecule has 0 radical (unpaired) electrons. The monoisotopic (exact) mass is 389 g/mol. The first-order valence-electron chi connectivity index (χ1n) is 9.33. The number of hydrogen-bond acceptors (Lipinski definition) is 4. The Hall–Kier alpha value is -2.26. The van der Waals surface area contributed by atoms with Gasteiger partial charge < -0.3 is 4.74 Å². The van der Waals surface area contributed by atoms with Crippen molar-refractivity contribution in [1.29, 1.82) is 0 Å². The quantitative estimate of drug-likeness (QED) is 0.548. The van der Waals surface area contributed by atoms with Gasteiger partial charge in [-0.1, -0.05) is 43.0 Å². The van der Waals surface area contributed by atoms with Crippen LogP contribution in [-0.4, -0.2) is 31.3 Å². The van der Waals surface area contributed by atoms with Crippen LogP contribution in [0.1, 0.15) is 51.5 Å². The van der Waals surface area contributed by atoms with Crippen LogP contribution in [0.3, 0.4) is 0 Å². The molecule has 1 aromatic rings. The summed E-state index contributed by atoms with van der Waals surface area (Å²) in [7, 11) is -3.66. The van der Waals surface area contributed by atoms with E-state index in [1.165, 1.54) is 11.2 Å². The predicted octanol–water partition coefficient (Wildman–Crippen LogP) is 3.79. The van der Waals surface area contributed by atoms with Crippen LogP contribution in [0, 0.1) is 18.8 Å². The molecule has 0 saturated heterocycles. The summed E-state index contributed by atoms with van der Waals surface area (Å²) in [5, 5.41) is 0. The first-order chi connectivity index (χ1) is 12.8. The lowest BCUT2D eigenvalue weighted by Gasteiger charge is -2.27. The molecule has 0 spiro atoms. The molecule has 27 heavy (non-hydrogen) atoms. The zero-order valence-corrected chi connectivity index (χ0v) is 17.0. The van der Waals surface area contributed by atoms with Gasteiger partial charge in [0.2, 0.25) is 0 Å². The van der Waals surface area contributed by atoms with Gasteiger partial charge in [-0.15, -0.1) is 0 Å². The Morgan fingerprint density at radius 1 is 1.30 bits per heavy atom. The molecular formula is C21H27NO4S. The largest absolute Gasteiger partial charge is 0.449 e. The maximum absolute atomic E-state index is 13.0. The van der Waals surface area contributed by atoms with Crippen LogP contribution >= 0.6 is 0 Å². The van der Waals surface area contributed by atoms with Crippen molar-refractivity contribution in [3.63, 3.8) is 0 Å². The van der Waals surface area contributed by atoms with Crippen molar-refractivity contribution < 1.29 is 17.9 Å². The molecule has 1 heterocycles. The Bertz CT molecular complexity index is 844. The van der Waals surface area contributed by atoms with Crippen LogP contribution in [0.25, 0.3) is 0 Å². The van der Waals surface area contributed by atoms with E-state index in [0.717, 1.165) is 31.2 Å². The fourth-order valence-corrected chi connectivity index (χ4v) is 4.28. The Morgan fingerprint density at radius 3 is 2.63 bits per heavy atom. The topological polar surface area (TPSA) is 63.7 Å². The minimum atomic E-state index is -3.66. The lowest BCUT2D eigenvalue weighted by Crippen LogP contribution is -2.33. The molecule has 0 aromatic heterocycles. The van der Waals surface area contributed by atoms with E-state index in [-0.39, 0.29) is 10.9 Å². The normalized spacial score (nSPS) is 15.4. The number of ether oxygens (including phenoxy) is 1. The minimum absolute atomic E-state index is 0.255. The third-order valence-corrected chi connectivity index (χ3v) is 6.10. The second kappa shape index (κ2) is 9.61. The van der Waals surface area contributed by atoms with Crippen molar-refractivity contribution >= 4 is 16.0 Å². The number of hydrogen-bond donors (Lipinski definition) is 0. The van der Waals surface area contributed by atoms with Gasteiger partial charge in [0.1, 0.15) is 0 Å². The average molecular weight is 390 g/mol. The summed E-state index contributed by atoms with van der Waals surface area (Å²) in [6.07, 6.45) is 5.34. The van der Waals surface area contributed by atoms with Gasteiger partial charge in [0.05, 0.1) is 10.6 Å². The maximum Gasteiger partial charge on any atom is 0.303 e. The van der Waals surface area contributed by atoms with Crippen LogP contribution in [-0.2, 0) is 19.6 Å². The van der Waals surface area contributed by atoms with Gasteiger partial charge in [-0.05, 0) is 50.7 Å². The zero-order chi connectivity index (χ0) is 19.9. The van der Waals surface area contributed by atoms with Crippen molar-refractivity contribution in [2.75, 3.05) is 6.54 Å². The fourth-order valence-electron chi connectivity index (χ4n) is 2.80. The summed E-state index contributed by atoms with van der Waals surface area (Å²) in [4.78, 5) is 11.5. The third-order valence-electron chi connectivity index (χ3n) is 4.27. The van der Waals surface area contributed by atoms with Gasteiger partial charge in [0.25, 0.3) is 10.0 Å². The smallest absolute Gasteiger partial charge is 0.303 e. The Balaban J connectivity index is 2.28. The molecule has 1 aliphatic rings. The number of esters is 1. The van der Waals surface area contributed by atoms with E-state index in [4.69, 9.17) is 4.74 Å². The Labute approximate surface area is 162 Å². The second-order valence-electron chi connectivity index (χ2n) is 6.63. The molecule has 1 aromatic carbocycles. The summed E-state index contributed by atoms with van der Waals surface area (Å²) < 4.78 is 32.7. The van der Waals surface area contributed by atoms with Gasteiger partial charge in [-0.2, -0.15) is 0 Å². The molecule has 1 atom stereocenters. The molecule has 1 aliphatic heterocycles. The molecule has 146 valence electrons. The van der Waals surface area contributed by atoms with E-state index in [0.29, 0.717) is 18.7 Å². The van der Waals surface area contributed by atoms with Crippen molar-refractivity contribution in [3.8, 4) is 11.8 Å². The van der Waals surface area contributed by atoms with E-state index >= 15 is 0 Å². The summed E-state index contributed by atoms with van der Waals surface area (Å²) in [5.41, 5.74) is 1.46. The number of carbonyl (C=O) groups is 1. The molecule has 0 fully saturated rings. The SMILES string of the molecule is CCCCC(C#CC1=CCCCN1S(=O)(=O)c1ccc(C)cc1)OC(C)=O. The van der Waals surface area contributed by atoms with Crippen molar-refractivity contribution in [2.45, 2.75) is 63.9 Å². The van der Waals surface area contributed by atoms with Gasteiger partial charge in [-0.3, -0.25) is 9.10 Å². The van der Waals surface area contributed by atoms with Crippen LogP contribution in [0.5, 0.6) is 0 Å². The van der Waals surface area contributed by atoms with Crippen molar-refractivity contribution in [1.82, 2.24) is 4.31 Å². The molecule has 0 aliphatic carbocycles. The van der Waals surface area contributed by atoms with Crippen molar-refractivity contribution in [3.05, 3.63) is 41.6 Å². The summed E-state index contributed by atoms with van der Waals surface area (Å²) in [5.74, 6) is 5.52. The van der Waals surface area contributed by atoms with Crippen LogP contribution in [0.4, 0.5) is 0 Å². The molecule has 0 N–H and O–H groups in total. The third kappa shape index (κ3) is 5.86. The highest BCUT2D eigenvalue weighted by Gasteiger charge is 2.27. The molecule has 0 saturated carbocycles. The molecule has 6 heteroatoms. The summed E-state index contributed by atoms with van der Waals surface area (Å²) >= 11 is 0. The molecule has 0 amide bonds. The number of allylic oxidation sites excluding steroid dienone is 2. The van der Waals surface area contributed by atoms with Gasteiger partial charge in [0.15, 0.2) is 6.10 Å². The number of benzene rings is 1. The minimum Gasteiger partial charge on any atom is -0.449 e. The summed E-state index contributed by atoms with van der Waals surface area (Å²) in [6, 6.07) is 6.81. The number of rotatable bonds is 6. The van der Waals surface area contributed by atoms with Crippen LogP contribution < -0.4 is 0 Å². The first kappa shape index (κ1) is 21.0. The zero-order valence-electron chi connectivity index (χ0n) is 16.2. The van der Waals surface area contributed by atoms with Crippen molar-refractivity contribution in [2.24, 2.45) is 0 Å². The summed E-state index contributed by atoms with van der Waals surface area (Å²) in [6.45, 7) is 5.72. The van der Waals surface area contributed by atoms with E-state index in [9.17, 15) is 13.2 Å². The molecule has 2 rings (SSSR count). The van der Waals surface area contributed by atoms with Gasteiger partial charge in [-0.25, -0.2) is 8.42 Å². The van der Waals surface area contributed by atoms with E-state index < -0.39 is 16.1 Å². The second-order valence-corrected chi connectivity index (χ2v) is 8.49. The van der Waals surface area contributed by atoms with E-state index in [1.807, 2.05) is 13.0 Å².